The van der Waals surface area contributed by atoms with Gasteiger partial charge >= 0.3 is 0 Å². The van der Waals surface area contributed by atoms with Gasteiger partial charge in [-0.05, 0) is 43.5 Å². The van der Waals surface area contributed by atoms with Gasteiger partial charge in [0, 0.05) is 28.8 Å². The second-order valence-corrected chi connectivity index (χ2v) is 8.66. The van der Waals surface area contributed by atoms with E-state index in [0.717, 1.165) is 18.4 Å². The summed E-state index contributed by atoms with van der Waals surface area (Å²) in [5, 5.41) is 15.6. The summed E-state index contributed by atoms with van der Waals surface area (Å²) in [4.78, 5) is 28.0. The van der Waals surface area contributed by atoms with Crippen LogP contribution in [0.15, 0.2) is 55.1 Å². The van der Waals surface area contributed by atoms with Crippen molar-refractivity contribution in [3.63, 3.8) is 0 Å². The molecule has 2 aromatic carbocycles. The first kappa shape index (κ1) is 21.5. The fourth-order valence-corrected chi connectivity index (χ4v) is 6.04. The Bertz CT molecular complexity index is 1120. The summed E-state index contributed by atoms with van der Waals surface area (Å²) in [5.41, 5.74) is 0.818. The monoisotopic (exact) mass is 449 g/mol. The largest absolute Gasteiger partial charge is 0.490 e. The molecule has 2 saturated heterocycles. The zero-order valence-electron chi connectivity index (χ0n) is 18.5. The highest BCUT2D eigenvalue weighted by atomic mass is 16.6. The third-order valence-electron chi connectivity index (χ3n) is 7.10. The first-order chi connectivity index (χ1) is 16.0. The van der Waals surface area contributed by atoms with E-state index in [4.69, 9.17) is 9.47 Å². The minimum atomic E-state index is -1.32. The minimum Gasteiger partial charge on any atom is -0.490 e. The molecule has 3 aliphatic heterocycles. The summed E-state index contributed by atoms with van der Waals surface area (Å²) in [6, 6.07) is 11.6. The molecule has 0 unspecified atom stereocenters. The van der Waals surface area contributed by atoms with Gasteiger partial charge in [0.25, 0.3) is 11.9 Å². The lowest BCUT2D eigenvalue weighted by atomic mass is 9.77. The van der Waals surface area contributed by atoms with Gasteiger partial charge in [-0.15, -0.1) is 0 Å². The van der Waals surface area contributed by atoms with Crippen LogP contribution in [0.3, 0.4) is 0 Å². The third-order valence-corrected chi connectivity index (χ3v) is 7.10. The maximum atomic E-state index is 13.5. The number of anilines is 1. The quantitative estimate of drug-likeness (QED) is 0.394. The van der Waals surface area contributed by atoms with Crippen molar-refractivity contribution in [2.24, 2.45) is 0 Å². The van der Waals surface area contributed by atoms with Crippen LogP contribution in [0.5, 0.6) is 11.5 Å². The Kier molecular flexibility index (Phi) is 5.32. The molecule has 5 rings (SSSR count). The number of hydrogen-bond donors (Lipinski definition) is 1. The van der Waals surface area contributed by atoms with Crippen molar-refractivity contribution in [1.29, 1.82) is 0 Å². The van der Waals surface area contributed by atoms with Crippen LogP contribution in [0.1, 0.15) is 36.8 Å². The van der Waals surface area contributed by atoms with E-state index in [0.29, 0.717) is 42.5 Å². The summed E-state index contributed by atoms with van der Waals surface area (Å²) in [6.07, 6.45) is 3.34. The number of amides is 1. The molecular formula is C25H27N3O5. The lowest BCUT2D eigenvalue weighted by Crippen LogP contribution is -2.55. The minimum absolute atomic E-state index is 0.119. The van der Waals surface area contributed by atoms with E-state index in [-0.39, 0.29) is 16.9 Å². The Morgan fingerprint density at radius 1 is 1.27 bits per heavy atom. The van der Waals surface area contributed by atoms with Gasteiger partial charge in [0.1, 0.15) is 6.61 Å². The average Bonchev–Trinajstić information content (AvgIpc) is 3.46. The van der Waals surface area contributed by atoms with Gasteiger partial charge in [0.2, 0.25) is 0 Å². The molecule has 0 saturated carbocycles. The molecule has 3 aliphatic rings. The van der Waals surface area contributed by atoms with Crippen molar-refractivity contribution in [3.05, 3.63) is 76.4 Å². The number of nitrogens with zero attached hydrogens (tertiary/aromatic N) is 2. The molecule has 1 N–H and O–H groups in total. The van der Waals surface area contributed by atoms with Crippen LogP contribution >= 0.6 is 0 Å². The van der Waals surface area contributed by atoms with E-state index < -0.39 is 17.5 Å². The summed E-state index contributed by atoms with van der Waals surface area (Å²) in [7, 11) is 0. The maximum absolute atomic E-state index is 13.5. The van der Waals surface area contributed by atoms with Gasteiger partial charge < -0.3 is 14.8 Å². The number of hydrogen-bond acceptors (Lipinski definition) is 6. The van der Waals surface area contributed by atoms with Crippen LogP contribution in [-0.4, -0.2) is 47.6 Å². The highest BCUT2D eigenvalue weighted by Crippen LogP contribution is 2.58. The first-order valence-corrected chi connectivity index (χ1v) is 11.4. The van der Waals surface area contributed by atoms with Crippen molar-refractivity contribution in [3.8, 4) is 11.5 Å². The van der Waals surface area contributed by atoms with Crippen molar-refractivity contribution in [1.82, 2.24) is 4.90 Å². The van der Waals surface area contributed by atoms with Gasteiger partial charge in [-0.1, -0.05) is 36.9 Å². The molecule has 33 heavy (non-hydrogen) atoms. The van der Waals surface area contributed by atoms with Crippen molar-refractivity contribution in [2.45, 2.75) is 43.3 Å². The van der Waals surface area contributed by atoms with E-state index in [1.165, 1.54) is 0 Å². The topological polar surface area (TPSA) is 93.9 Å². The second-order valence-electron chi connectivity index (χ2n) is 8.66. The summed E-state index contributed by atoms with van der Waals surface area (Å²) in [5.74, 6) is 0.335. The lowest BCUT2D eigenvalue weighted by molar-refractivity contribution is -0.534. The second kappa shape index (κ2) is 8.19. The highest BCUT2D eigenvalue weighted by molar-refractivity contribution is 6.07. The Morgan fingerprint density at radius 2 is 2.09 bits per heavy atom. The number of nitrogens with one attached hydrogen (secondary N) is 1. The number of ether oxygens (including phenoxy) is 2. The molecule has 2 fully saturated rings. The van der Waals surface area contributed by atoms with Crippen LogP contribution < -0.4 is 14.8 Å². The highest BCUT2D eigenvalue weighted by Gasteiger charge is 2.73. The molecule has 0 bridgehead atoms. The van der Waals surface area contributed by atoms with E-state index in [1.807, 2.05) is 43.3 Å². The van der Waals surface area contributed by atoms with Crippen LogP contribution in [0.4, 0.5) is 5.69 Å². The summed E-state index contributed by atoms with van der Waals surface area (Å²) in [6.45, 7) is 6.97. The van der Waals surface area contributed by atoms with E-state index in [2.05, 4.69) is 16.8 Å². The Balaban J connectivity index is 1.66. The van der Waals surface area contributed by atoms with Gasteiger partial charge in [0.05, 0.1) is 12.5 Å². The van der Waals surface area contributed by atoms with Crippen LogP contribution in [0.25, 0.3) is 0 Å². The maximum Gasteiger partial charge on any atom is 0.256 e. The van der Waals surface area contributed by atoms with Crippen LogP contribution in [0.2, 0.25) is 0 Å². The van der Waals surface area contributed by atoms with E-state index in [9.17, 15) is 14.9 Å². The lowest BCUT2D eigenvalue weighted by Gasteiger charge is -2.32. The first-order valence-electron chi connectivity index (χ1n) is 11.4. The molecular weight excluding hydrogens is 422 g/mol. The molecule has 1 spiro atoms. The number of benzene rings is 2. The number of carbonyl (C=O) groups is 1. The molecule has 0 aromatic heterocycles. The number of rotatable bonds is 7. The van der Waals surface area contributed by atoms with Gasteiger partial charge in [0.15, 0.2) is 17.0 Å². The van der Waals surface area contributed by atoms with Crippen molar-refractivity contribution >= 4 is 11.6 Å². The number of carbonyl (C=O) groups excluding carboxylic acids is 1. The van der Waals surface area contributed by atoms with Crippen LogP contribution in [-0.2, 0) is 10.3 Å². The standard InChI is InChI=1S/C25H27N3O5/c1-3-14-33-20-12-11-16(15-21(20)32-4-2)22-19-10-7-13-27(19)25(23(22)28(30)31)17-8-5-6-9-18(17)26-24(25)29/h3,5-6,8-9,11-12,15,19,22-23H,1,4,7,10,13-14H2,2H3,(H,26,29)/t19-,22+,23-,25-/m0/s1. The van der Waals surface area contributed by atoms with Crippen molar-refractivity contribution < 1.29 is 19.2 Å². The zero-order valence-corrected chi connectivity index (χ0v) is 18.5. The predicted molar refractivity (Wildman–Crippen MR) is 123 cm³/mol. The normalized spacial score (nSPS) is 27.8. The molecule has 1 amide bonds. The van der Waals surface area contributed by atoms with Gasteiger partial charge in [-0.25, -0.2) is 0 Å². The summed E-state index contributed by atoms with van der Waals surface area (Å²) >= 11 is 0. The fourth-order valence-electron chi connectivity index (χ4n) is 6.04. The SMILES string of the molecule is C=CCOc1ccc([C@H]2[C@H]([N+](=O)[O-])[C@@]3(C(=O)Nc4ccccc43)N3CCC[C@@H]23)cc1OCC. The predicted octanol–water partition coefficient (Wildman–Crippen LogP) is 3.70. The fraction of sp³-hybridized carbons (Fsp3) is 0.400. The molecule has 0 radical (unpaired) electrons. The number of nitro groups is 1. The number of para-hydroxylation sites is 1. The Morgan fingerprint density at radius 3 is 2.85 bits per heavy atom. The van der Waals surface area contributed by atoms with Gasteiger partial charge in [-0.3, -0.25) is 19.8 Å². The molecule has 2 aromatic rings. The average molecular weight is 450 g/mol. The Hall–Kier alpha value is -3.39. The molecule has 0 aliphatic carbocycles. The zero-order chi connectivity index (χ0) is 23.2. The summed E-state index contributed by atoms with van der Waals surface area (Å²) < 4.78 is 11.5. The van der Waals surface area contributed by atoms with Crippen LogP contribution in [0, 0.1) is 10.1 Å². The van der Waals surface area contributed by atoms with E-state index in [1.54, 1.807) is 12.1 Å². The molecule has 8 nitrogen and oxygen atoms in total. The molecule has 3 heterocycles. The third kappa shape index (κ3) is 3.04. The smallest absolute Gasteiger partial charge is 0.256 e. The Labute approximate surface area is 192 Å². The molecule has 172 valence electrons. The number of fused-ring (bicyclic) bond motifs is 4. The van der Waals surface area contributed by atoms with Crippen molar-refractivity contribution in [2.75, 3.05) is 25.1 Å². The van der Waals surface area contributed by atoms with Gasteiger partial charge in [-0.2, -0.15) is 0 Å². The molecule has 8 heteroatoms. The molecule has 4 atom stereocenters. The van der Waals surface area contributed by atoms with E-state index >= 15 is 0 Å².